The zero-order chi connectivity index (χ0) is 21.3. The molecule has 4 nitrogen and oxygen atoms in total. The second kappa shape index (κ2) is 11.1. The third-order valence-electron chi connectivity index (χ3n) is 6.62. The molecular weight excluding hydrogens is 382 g/mol. The largest absolute Gasteiger partial charge is 0.352 e. The molecule has 1 amide bonds. The molecule has 1 aliphatic carbocycles. The number of hydrogen-bond acceptors (Lipinski definition) is 2. The minimum atomic E-state index is 0.0160. The fourth-order valence-electron chi connectivity index (χ4n) is 4.74. The molecule has 1 fully saturated rings. The number of imidazole rings is 1. The second-order valence-electron chi connectivity index (χ2n) is 8.99. The second-order valence-corrected chi connectivity index (χ2v) is 8.99. The summed E-state index contributed by atoms with van der Waals surface area (Å²) in [4.78, 5) is 17.4. The Morgan fingerprint density at radius 2 is 1.52 bits per heavy atom. The number of fused-ring (bicyclic) bond motifs is 1. The van der Waals surface area contributed by atoms with Gasteiger partial charge in [0.2, 0.25) is 0 Å². The lowest BCUT2D eigenvalue weighted by molar-refractivity contribution is 0.0945. The van der Waals surface area contributed by atoms with Crippen LogP contribution in [0.1, 0.15) is 81.0 Å². The molecule has 3 aromatic rings. The minimum Gasteiger partial charge on any atom is -0.352 e. The van der Waals surface area contributed by atoms with Gasteiger partial charge in [0.15, 0.2) is 0 Å². The van der Waals surface area contributed by atoms with E-state index in [1.165, 1.54) is 70.6 Å². The topological polar surface area (TPSA) is 46.9 Å². The van der Waals surface area contributed by atoms with Gasteiger partial charge in [0.1, 0.15) is 6.33 Å². The number of carbonyl (C=O) groups is 1. The Morgan fingerprint density at radius 3 is 2.19 bits per heavy atom. The maximum Gasteiger partial charge on any atom is 0.251 e. The Balaban J connectivity index is 1.37. The molecule has 0 unspecified atom stereocenters. The number of amides is 1. The lowest BCUT2D eigenvalue weighted by atomic mass is 9.93. The van der Waals surface area contributed by atoms with E-state index in [2.05, 4.69) is 27.0 Å². The van der Waals surface area contributed by atoms with Crippen LogP contribution in [0.2, 0.25) is 0 Å². The third kappa shape index (κ3) is 5.96. The first-order valence-corrected chi connectivity index (χ1v) is 12.1. The van der Waals surface area contributed by atoms with Gasteiger partial charge in [-0.3, -0.25) is 9.36 Å². The summed E-state index contributed by atoms with van der Waals surface area (Å²) in [6.07, 6.45) is 16.5. The van der Waals surface area contributed by atoms with E-state index in [0.717, 1.165) is 23.3 Å². The molecule has 0 aliphatic heterocycles. The Labute approximate surface area is 186 Å². The maximum atomic E-state index is 12.8. The van der Waals surface area contributed by atoms with Crippen molar-refractivity contribution in [2.24, 2.45) is 5.92 Å². The number of rotatable bonds is 4. The van der Waals surface area contributed by atoms with Gasteiger partial charge < -0.3 is 5.32 Å². The number of carbonyl (C=O) groups excluding carboxylic acids is 1. The van der Waals surface area contributed by atoms with E-state index in [0.29, 0.717) is 11.5 Å². The van der Waals surface area contributed by atoms with Crippen LogP contribution in [0.15, 0.2) is 54.9 Å². The highest BCUT2D eigenvalue weighted by Crippen LogP contribution is 2.22. The van der Waals surface area contributed by atoms with Crippen LogP contribution in [0, 0.1) is 5.92 Å². The lowest BCUT2D eigenvalue weighted by Crippen LogP contribution is -2.29. The lowest BCUT2D eigenvalue weighted by Gasteiger charge is -2.18. The van der Waals surface area contributed by atoms with E-state index in [9.17, 15) is 4.79 Å². The first-order chi connectivity index (χ1) is 15.3. The van der Waals surface area contributed by atoms with Crippen LogP contribution in [-0.4, -0.2) is 22.0 Å². The van der Waals surface area contributed by atoms with Crippen LogP contribution >= 0.6 is 0 Å². The van der Waals surface area contributed by atoms with E-state index in [1.807, 2.05) is 42.7 Å². The fraction of sp³-hybridized carbons (Fsp3) is 0.481. The molecule has 1 saturated carbocycles. The van der Waals surface area contributed by atoms with E-state index >= 15 is 0 Å². The fourth-order valence-corrected chi connectivity index (χ4v) is 4.74. The number of aromatic nitrogens is 2. The first kappa shape index (κ1) is 21.6. The van der Waals surface area contributed by atoms with Crippen LogP contribution < -0.4 is 5.32 Å². The van der Waals surface area contributed by atoms with Gasteiger partial charge in [-0.05, 0) is 49.1 Å². The van der Waals surface area contributed by atoms with Gasteiger partial charge in [0.05, 0.1) is 11.0 Å². The summed E-state index contributed by atoms with van der Waals surface area (Å²) >= 11 is 0. The minimum absolute atomic E-state index is 0.0160. The van der Waals surface area contributed by atoms with Crippen molar-refractivity contribution >= 4 is 16.9 Å². The number of hydrogen-bond donors (Lipinski definition) is 1. The average Bonchev–Trinajstić information content (AvgIpc) is 3.22. The van der Waals surface area contributed by atoms with E-state index in [1.54, 1.807) is 0 Å². The first-order valence-electron chi connectivity index (χ1n) is 12.1. The van der Waals surface area contributed by atoms with E-state index < -0.39 is 0 Å². The van der Waals surface area contributed by atoms with E-state index in [4.69, 9.17) is 0 Å². The van der Waals surface area contributed by atoms with Gasteiger partial charge in [0, 0.05) is 17.8 Å². The summed E-state index contributed by atoms with van der Waals surface area (Å²) in [5.74, 6) is 0.617. The summed E-state index contributed by atoms with van der Waals surface area (Å²) in [5.41, 5.74) is 3.63. The smallest absolute Gasteiger partial charge is 0.251 e. The number of benzene rings is 2. The van der Waals surface area contributed by atoms with Crippen molar-refractivity contribution in [3.63, 3.8) is 0 Å². The van der Waals surface area contributed by atoms with Crippen molar-refractivity contribution in [1.82, 2.24) is 14.9 Å². The highest BCUT2D eigenvalue weighted by Gasteiger charge is 2.14. The maximum absolute atomic E-state index is 12.8. The van der Waals surface area contributed by atoms with Gasteiger partial charge in [-0.25, -0.2) is 4.98 Å². The molecule has 0 radical (unpaired) electrons. The van der Waals surface area contributed by atoms with E-state index in [-0.39, 0.29) is 5.91 Å². The predicted molar refractivity (Wildman–Crippen MR) is 128 cm³/mol. The Morgan fingerprint density at radius 1 is 0.871 bits per heavy atom. The molecule has 1 aliphatic rings. The van der Waals surface area contributed by atoms with Crippen molar-refractivity contribution in [1.29, 1.82) is 0 Å². The van der Waals surface area contributed by atoms with Gasteiger partial charge in [-0.15, -0.1) is 0 Å². The average molecular weight is 418 g/mol. The predicted octanol–water partition coefficient (Wildman–Crippen LogP) is 6.68. The standard InChI is InChI=1S/C27H35N3O/c31-27(28-20-22-13-9-6-4-2-1-3-5-7-10-14-22)23-17-18-26-25(19-23)29-21-30(26)24-15-11-8-12-16-24/h8,11-12,15-19,21-22H,1-7,9-10,13-14,20H2,(H,28,31). The number of nitrogens with zero attached hydrogens (tertiary/aromatic N) is 2. The van der Waals surface area contributed by atoms with Crippen molar-refractivity contribution in [3.8, 4) is 5.69 Å². The molecule has 0 saturated heterocycles. The Hall–Kier alpha value is -2.62. The molecule has 1 N–H and O–H groups in total. The van der Waals surface area contributed by atoms with Crippen LogP contribution in [0.25, 0.3) is 16.7 Å². The highest BCUT2D eigenvalue weighted by atomic mass is 16.1. The van der Waals surface area contributed by atoms with Crippen molar-refractivity contribution in [2.45, 2.75) is 70.6 Å². The highest BCUT2D eigenvalue weighted by molar-refractivity contribution is 5.97. The van der Waals surface area contributed by atoms with Gasteiger partial charge >= 0.3 is 0 Å². The molecule has 4 heteroatoms. The molecule has 0 atom stereocenters. The number of nitrogens with one attached hydrogen (secondary N) is 1. The Kier molecular flexibility index (Phi) is 7.76. The molecule has 1 heterocycles. The number of para-hydroxylation sites is 1. The van der Waals surface area contributed by atoms with Crippen LogP contribution in [-0.2, 0) is 0 Å². The molecule has 164 valence electrons. The molecule has 4 rings (SSSR count). The third-order valence-corrected chi connectivity index (χ3v) is 6.62. The van der Waals surface area contributed by atoms with Crippen molar-refractivity contribution in [3.05, 3.63) is 60.4 Å². The molecule has 0 spiro atoms. The molecule has 1 aromatic heterocycles. The zero-order valence-corrected chi connectivity index (χ0v) is 18.6. The van der Waals surface area contributed by atoms with Crippen LogP contribution in [0.5, 0.6) is 0 Å². The normalized spacial score (nSPS) is 17.0. The van der Waals surface area contributed by atoms with Gasteiger partial charge in [-0.2, -0.15) is 0 Å². The van der Waals surface area contributed by atoms with Crippen molar-refractivity contribution in [2.75, 3.05) is 6.54 Å². The quantitative estimate of drug-likeness (QED) is 0.515. The summed E-state index contributed by atoms with van der Waals surface area (Å²) in [6, 6.07) is 16.0. The van der Waals surface area contributed by atoms with Crippen LogP contribution in [0.3, 0.4) is 0 Å². The van der Waals surface area contributed by atoms with Crippen molar-refractivity contribution < 1.29 is 4.79 Å². The zero-order valence-electron chi connectivity index (χ0n) is 18.6. The molecule has 0 bridgehead atoms. The molecule has 2 aromatic carbocycles. The van der Waals surface area contributed by atoms with Crippen LogP contribution in [0.4, 0.5) is 0 Å². The molecule has 31 heavy (non-hydrogen) atoms. The van der Waals surface area contributed by atoms with Gasteiger partial charge in [0.25, 0.3) is 5.91 Å². The molecular formula is C27H35N3O. The Bertz CT molecular complexity index is 951. The van der Waals surface area contributed by atoms with Gasteiger partial charge in [-0.1, -0.05) is 76.0 Å². The monoisotopic (exact) mass is 417 g/mol. The summed E-state index contributed by atoms with van der Waals surface area (Å²) in [5, 5.41) is 3.21. The summed E-state index contributed by atoms with van der Waals surface area (Å²) in [7, 11) is 0. The SMILES string of the molecule is O=C(NCC1CCCCCCCCCCC1)c1ccc2c(c1)ncn2-c1ccccc1. The summed E-state index contributed by atoms with van der Waals surface area (Å²) < 4.78 is 2.06. The summed E-state index contributed by atoms with van der Waals surface area (Å²) in [6.45, 7) is 0.787.